The quantitative estimate of drug-likeness (QED) is 0.482. The number of rotatable bonds is 7. The molecule has 0 saturated carbocycles. The molecular weight excluding hydrogens is 350 g/mol. The van der Waals surface area contributed by atoms with Crippen LogP contribution in [0, 0.1) is 6.92 Å². The Morgan fingerprint density at radius 2 is 1.89 bits per heavy atom. The van der Waals surface area contributed by atoms with E-state index in [1.807, 2.05) is 43.3 Å². The van der Waals surface area contributed by atoms with Crippen molar-refractivity contribution in [3.63, 3.8) is 0 Å². The lowest BCUT2D eigenvalue weighted by atomic mass is 10.1. The molecule has 0 aliphatic heterocycles. The number of carbonyl (C=O) groups excluding carboxylic acids is 1. The van der Waals surface area contributed by atoms with Crippen LogP contribution in [-0.4, -0.2) is 23.3 Å². The number of fused-ring (bicyclic) bond motifs is 1. The molecule has 1 heterocycles. The van der Waals surface area contributed by atoms with Crippen molar-refractivity contribution in [2.45, 2.75) is 40.2 Å². The van der Waals surface area contributed by atoms with Crippen LogP contribution in [0.5, 0.6) is 5.75 Å². The van der Waals surface area contributed by atoms with E-state index in [0.717, 1.165) is 28.0 Å². The normalized spacial score (nSPS) is 11.5. The number of nitrogens with one attached hydrogen (secondary N) is 1. The fourth-order valence-corrected chi connectivity index (χ4v) is 3.51. The first kappa shape index (κ1) is 19.7. The minimum atomic E-state index is -0.148. The van der Waals surface area contributed by atoms with Crippen LogP contribution >= 0.6 is 0 Å². The Balaban J connectivity index is 1.71. The van der Waals surface area contributed by atoms with Crippen molar-refractivity contribution in [3.05, 3.63) is 65.4 Å². The zero-order valence-corrected chi connectivity index (χ0v) is 16.9. The molecule has 0 unspecified atom stereocenters. The van der Waals surface area contributed by atoms with Crippen LogP contribution < -0.4 is 10.2 Å². The van der Waals surface area contributed by atoms with Crippen LogP contribution in [0.3, 0.4) is 0 Å². The molecule has 0 aliphatic rings. The van der Waals surface area contributed by atoms with E-state index in [0.29, 0.717) is 12.6 Å². The number of aromatic nitrogens is 1. The van der Waals surface area contributed by atoms with Crippen LogP contribution in [-0.2, 0) is 11.2 Å². The maximum atomic E-state index is 12.2. The number of carbonyl (C=O) groups is 1. The van der Waals surface area contributed by atoms with Gasteiger partial charge in [-0.3, -0.25) is 4.79 Å². The second-order valence-corrected chi connectivity index (χ2v) is 7.03. The van der Waals surface area contributed by atoms with Crippen LogP contribution in [0.25, 0.3) is 10.9 Å². The van der Waals surface area contributed by atoms with Gasteiger partial charge in [-0.15, -0.1) is 0 Å². The molecule has 5 nitrogen and oxygen atoms in total. The summed E-state index contributed by atoms with van der Waals surface area (Å²) in [6.45, 7) is 8.99. The molecule has 3 aromatic rings. The third kappa shape index (κ3) is 4.25. The summed E-state index contributed by atoms with van der Waals surface area (Å²) in [5.74, 6) is 0.660. The maximum Gasteiger partial charge on any atom is 0.244 e. The fraction of sp³-hybridized carbons (Fsp3) is 0.304. The van der Waals surface area contributed by atoms with Crippen LogP contribution in [0.15, 0.2) is 53.6 Å². The monoisotopic (exact) mass is 377 g/mol. The van der Waals surface area contributed by atoms with E-state index in [2.05, 4.69) is 48.0 Å². The van der Waals surface area contributed by atoms with Gasteiger partial charge in [0.15, 0.2) is 0 Å². The van der Waals surface area contributed by atoms with Gasteiger partial charge in [-0.2, -0.15) is 5.10 Å². The first-order chi connectivity index (χ1) is 13.5. The van der Waals surface area contributed by atoms with Gasteiger partial charge in [0.25, 0.3) is 0 Å². The van der Waals surface area contributed by atoms with Gasteiger partial charge in [0, 0.05) is 28.2 Å². The smallest absolute Gasteiger partial charge is 0.244 e. The van der Waals surface area contributed by atoms with Crippen molar-refractivity contribution < 1.29 is 9.53 Å². The van der Waals surface area contributed by atoms with Gasteiger partial charge in [-0.25, -0.2) is 5.43 Å². The average molecular weight is 377 g/mol. The number of ether oxygens (including phenoxy) is 1. The Bertz CT molecular complexity index is 985. The van der Waals surface area contributed by atoms with Crippen LogP contribution in [0.1, 0.15) is 43.6 Å². The van der Waals surface area contributed by atoms with E-state index < -0.39 is 0 Å². The number of benzene rings is 2. The lowest BCUT2D eigenvalue weighted by molar-refractivity contribution is -0.120. The number of hydrogen-bond donors (Lipinski definition) is 1. The zero-order valence-electron chi connectivity index (χ0n) is 16.9. The van der Waals surface area contributed by atoms with Gasteiger partial charge >= 0.3 is 0 Å². The summed E-state index contributed by atoms with van der Waals surface area (Å²) in [6, 6.07) is 16.2. The maximum absolute atomic E-state index is 12.2. The lowest BCUT2D eigenvalue weighted by Gasteiger charge is -2.12. The van der Waals surface area contributed by atoms with Crippen molar-refractivity contribution in [1.29, 1.82) is 0 Å². The summed E-state index contributed by atoms with van der Waals surface area (Å²) >= 11 is 0. The fourth-order valence-electron chi connectivity index (χ4n) is 3.51. The standard InChI is InChI=1S/C23H27N3O2/c1-5-28-19-12-10-18(11-13-19)14-23(27)25-24-15-21-17(4)26(16(2)3)22-9-7-6-8-20(21)22/h6-13,15-16H,5,14H2,1-4H3,(H,25,27)/b24-15-. The predicted molar refractivity (Wildman–Crippen MR) is 114 cm³/mol. The summed E-state index contributed by atoms with van der Waals surface area (Å²) < 4.78 is 7.71. The second kappa shape index (κ2) is 8.74. The molecule has 28 heavy (non-hydrogen) atoms. The summed E-state index contributed by atoms with van der Waals surface area (Å²) in [6.07, 6.45) is 2.02. The van der Waals surface area contributed by atoms with Gasteiger partial charge in [-0.1, -0.05) is 30.3 Å². The Morgan fingerprint density at radius 3 is 2.57 bits per heavy atom. The summed E-state index contributed by atoms with van der Waals surface area (Å²) in [5.41, 5.74) is 6.91. The lowest BCUT2D eigenvalue weighted by Crippen LogP contribution is -2.19. The zero-order chi connectivity index (χ0) is 20.1. The summed E-state index contributed by atoms with van der Waals surface area (Å²) in [7, 11) is 0. The van der Waals surface area contributed by atoms with Crippen molar-refractivity contribution >= 4 is 23.0 Å². The molecule has 0 radical (unpaired) electrons. The summed E-state index contributed by atoms with van der Waals surface area (Å²) in [4.78, 5) is 12.2. The molecule has 0 atom stereocenters. The van der Waals surface area contributed by atoms with E-state index in [1.54, 1.807) is 6.21 Å². The molecular formula is C23H27N3O2. The SMILES string of the molecule is CCOc1ccc(CC(=O)N/N=C\c2c(C)n(C(C)C)c3ccccc23)cc1. The Kier molecular flexibility index (Phi) is 6.14. The molecule has 1 aromatic heterocycles. The molecule has 0 saturated heterocycles. The third-order valence-electron chi connectivity index (χ3n) is 4.70. The van der Waals surface area contributed by atoms with E-state index in [9.17, 15) is 4.79 Å². The van der Waals surface area contributed by atoms with Crippen molar-refractivity contribution in [2.75, 3.05) is 6.61 Å². The van der Waals surface area contributed by atoms with Gasteiger partial charge in [-0.05, 0) is 51.5 Å². The molecule has 3 rings (SSSR count). The molecule has 0 spiro atoms. The van der Waals surface area contributed by atoms with Gasteiger partial charge in [0.05, 0.1) is 19.2 Å². The molecule has 146 valence electrons. The van der Waals surface area contributed by atoms with E-state index in [4.69, 9.17) is 4.74 Å². The minimum absolute atomic E-state index is 0.148. The molecule has 2 aromatic carbocycles. The highest BCUT2D eigenvalue weighted by molar-refractivity contribution is 6.01. The van der Waals surface area contributed by atoms with Gasteiger partial charge < -0.3 is 9.30 Å². The van der Waals surface area contributed by atoms with Gasteiger partial charge in [0.2, 0.25) is 5.91 Å². The number of amides is 1. The highest BCUT2D eigenvalue weighted by atomic mass is 16.5. The number of nitrogens with zero attached hydrogens (tertiary/aromatic N) is 2. The minimum Gasteiger partial charge on any atom is -0.494 e. The highest BCUT2D eigenvalue weighted by Gasteiger charge is 2.14. The number of para-hydroxylation sites is 1. The molecule has 1 N–H and O–H groups in total. The first-order valence-corrected chi connectivity index (χ1v) is 9.64. The Hall–Kier alpha value is -3.08. The number of hydrazone groups is 1. The molecule has 1 amide bonds. The molecule has 0 aliphatic carbocycles. The number of hydrogen-bond acceptors (Lipinski definition) is 3. The molecule has 0 fully saturated rings. The Morgan fingerprint density at radius 1 is 1.18 bits per heavy atom. The van der Waals surface area contributed by atoms with E-state index in [1.165, 1.54) is 5.52 Å². The van der Waals surface area contributed by atoms with E-state index in [-0.39, 0.29) is 12.3 Å². The van der Waals surface area contributed by atoms with Gasteiger partial charge in [0.1, 0.15) is 5.75 Å². The van der Waals surface area contributed by atoms with Crippen molar-refractivity contribution in [2.24, 2.45) is 5.10 Å². The highest BCUT2D eigenvalue weighted by Crippen LogP contribution is 2.27. The van der Waals surface area contributed by atoms with Crippen molar-refractivity contribution in [1.82, 2.24) is 9.99 Å². The largest absolute Gasteiger partial charge is 0.494 e. The van der Waals surface area contributed by atoms with Crippen LogP contribution in [0.2, 0.25) is 0 Å². The second-order valence-electron chi connectivity index (χ2n) is 7.03. The molecule has 5 heteroatoms. The average Bonchev–Trinajstić information content (AvgIpc) is 2.95. The Labute approximate surface area is 166 Å². The topological polar surface area (TPSA) is 55.6 Å². The van der Waals surface area contributed by atoms with Crippen LogP contribution in [0.4, 0.5) is 0 Å². The predicted octanol–water partition coefficient (Wildman–Crippen LogP) is 4.62. The van der Waals surface area contributed by atoms with E-state index >= 15 is 0 Å². The first-order valence-electron chi connectivity index (χ1n) is 9.64. The van der Waals surface area contributed by atoms with Crippen molar-refractivity contribution in [3.8, 4) is 5.75 Å². The summed E-state index contributed by atoms with van der Waals surface area (Å²) in [5, 5.41) is 5.34. The molecule has 0 bridgehead atoms. The third-order valence-corrected chi connectivity index (χ3v) is 4.70.